The van der Waals surface area contributed by atoms with E-state index in [4.69, 9.17) is 0 Å². The van der Waals surface area contributed by atoms with Crippen molar-refractivity contribution in [1.29, 1.82) is 0 Å². The Hall–Kier alpha value is -0.870. The van der Waals surface area contributed by atoms with Crippen molar-refractivity contribution in [2.75, 3.05) is 13.1 Å². The fourth-order valence-corrected chi connectivity index (χ4v) is 3.01. The highest BCUT2D eigenvalue weighted by Crippen LogP contribution is 2.18. The number of carbonyl (C=O) groups excluding carboxylic acids is 1. The van der Waals surface area contributed by atoms with Crippen LogP contribution in [0.5, 0.6) is 0 Å². The molecule has 2 unspecified atom stereocenters. The van der Waals surface area contributed by atoms with E-state index in [1.54, 1.807) is 0 Å². The largest absolute Gasteiger partial charge is 0.336 e. The van der Waals surface area contributed by atoms with Crippen LogP contribution in [-0.4, -0.2) is 36.0 Å². The number of amides is 1. The zero-order chi connectivity index (χ0) is 13.3. The highest BCUT2D eigenvalue weighted by Gasteiger charge is 2.26. The van der Waals surface area contributed by atoms with Crippen LogP contribution in [0.1, 0.15) is 29.8 Å². The van der Waals surface area contributed by atoms with Crippen LogP contribution in [0.15, 0.2) is 22.7 Å². The number of nitrogens with one attached hydrogen (secondary N) is 1. The van der Waals surface area contributed by atoms with E-state index in [9.17, 15) is 4.79 Å². The van der Waals surface area contributed by atoms with Gasteiger partial charge < -0.3 is 10.2 Å². The molecule has 4 heteroatoms. The molecule has 0 spiro atoms. The van der Waals surface area contributed by atoms with Gasteiger partial charge in [-0.15, -0.1) is 0 Å². The average Bonchev–Trinajstić information content (AvgIpc) is 2.26. The van der Waals surface area contributed by atoms with E-state index in [2.05, 4.69) is 35.1 Å². The summed E-state index contributed by atoms with van der Waals surface area (Å²) in [5.74, 6) is 0.139. The first-order valence-electron chi connectivity index (χ1n) is 6.29. The van der Waals surface area contributed by atoms with Crippen LogP contribution < -0.4 is 5.32 Å². The fourth-order valence-electron chi connectivity index (χ4n) is 2.53. The van der Waals surface area contributed by atoms with Gasteiger partial charge in [-0.25, -0.2) is 0 Å². The van der Waals surface area contributed by atoms with E-state index in [-0.39, 0.29) is 5.91 Å². The van der Waals surface area contributed by atoms with Crippen LogP contribution in [0.4, 0.5) is 0 Å². The number of hydrogen-bond acceptors (Lipinski definition) is 2. The monoisotopic (exact) mass is 310 g/mol. The molecule has 98 valence electrons. The summed E-state index contributed by atoms with van der Waals surface area (Å²) in [5, 5.41) is 3.44. The summed E-state index contributed by atoms with van der Waals surface area (Å²) < 4.78 is 1.01. The van der Waals surface area contributed by atoms with Crippen molar-refractivity contribution in [3.8, 4) is 0 Å². The van der Waals surface area contributed by atoms with E-state index in [1.165, 1.54) is 0 Å². The van der Waals surface area contributed by atoms with E-state index < -0.39 is 0 Å². The fraction of sp³-hybridized carbons (Fsp3) is 0.500. The van der Waals surface area contributed by atoms with Crippen molar-refractivity contribution in [1.82, 2.24) is 10.2 Å². The third-order valence-electron chi connectivity index (χ3n) is 3.26. The lowest BCUT2D eigenvalue weighted by molar-refractivity contribution is 0.0673. The van der Waals surface area contributed by atoms with Crippen LogP contribution in [0.3, 0.4) is 0 Å². The van der Waals surface area contributed by atoms with Gasteiger partial charge in [0.25, 0.3) is 5.91 Å². The van der Waals surface area contributed by atoms with E-state index in [0.717, 1.165) is 28.7 Å². The molecule has 1 fully saturated rings. The van der Waals surface area contributed by atoms with Crippen molar-refractivity contribution in [3.05, 3.63) is 33.8 Å². The van der Waals surface area contributed by atoms with Gasteiger partial charge >= 0.3 is 0 Å². The molecule has 2 rings (SSSR count). The Bertz CT molecular complexity index is 451. The highest BCUT2D eigenvalue weighted by molar-refractivity contribution is 9.10. The minimum Gasteiger partial charge on any atom is -0.336 e. The lowest BCUT2D eigenvalue weighted by atomic mass is 10.1. The van der Waals surface area contributed by atoms with Crippen molar-refractivity contribution < 1.29 is 4.79 Å². The number of nitrogens with zero attached hydrogens (tertiary/aromatic N) is 1. The van der Waals surface area contributed by atoms with Crippen molar-refractivity contribution in [2.24, 2.45) is 0 Å². The van der Waals surface area contributed by atoms with Gasteiger partial charge in [0.1, 0.15) is 0 Å². The summed E-state index contributed by atoms with van der Waals surface area (Å²) in [7, 11) is 0. The SMILES string of the molecule is Cc1cc(Br)ccc1C(=O)N1CC(C)NC(C)C1. The number of rotatable bonds is 1. The van der Waals surface area contributed by atoms with E-state index in [0.29, 0.717) is 12.1 Å². The van der Waals surface area contributed by atoms with Crippen LogP contribution >= 0.6 is 15.9 Å². The molecule has 18 heavy (non-hydrogen) atoms. The van der Waals surface area contributed by atoms with Gasteiger partial charge in [0.15, 0.2) is 0 Å². The molecule has 0 radical (unpaired) electrons. The molecule has 1 heterocycles. The number of hydrogen-bond donors (Lipinski definition) is 1. The smallest absolute Gasteiger partial charge is 0.254 e. The van der Waals surface area contributed by atoms with Gasteiger partial charge in [0, 0.05) is 35.2 Å². The average molecular weight is 311 g/mol. The Morgan fingerprint density at radius 2 is 1.94 bits per heavy atom. The molecule has 1 aliphatic heterocycles. The second-order valence-corrected chi connectivity index (χ2v) is 6.05. The summed E-state index contributed by atoms with van der Waals surface area (Å²) in [6.45, 7) is 7.76. The van der Waals surface area contributed by atoms with Gasteiger partial charge in [0.2, 0.25) is 0 Å². The van der Waals surface area contributed by atoms with Crippen molar-refractivity contribution in [3.63, 3.8) is 0 Å². The Morgan fingerprint density at radius 1 is 1.33 bits per heavy atom. The molecule has 1 aliphatic rings. The number of benzene rings is 1. The summed E-state index contributed by atoms with van der Waals surface area (Å²) in [6, 6.07) is 6.53. The standard InChI is InChI=1S/C14H19BrN2O/c1-9-6-12(15)4-5-13(9)14(18)17-7-10(2)16-11(3)8-17/h4-6,10-11,16H,7-8H2,1-3H3. The molecule has 0 aromatic heterocycles. The maximum atomic E-state index is 12.5. The zero-order valence-electron chi connectivity index (χ0n) is 11.0. The second kappa shape index (κ2) is 5.41. The predicted octanol–water partition coefficient (Wildman–Crippen LogP) is 2.58. The molecule has 1 aromatic rings. The van der Waals surface area contributed by atoms with Crippen LogP contribution in [0.2, 0.25) is 0 Å². The molecule has 1 saturated heterocycles. The number of aryl methyl sites for hydroxylation is 1. The number of piperazine rings is 1. The Morgan fingerprint density at radius 3 is 2.50 bits per heavy atom. The molecular weight excluding hydrogens is 292 g/mol. The van der Waals surface area contributed by atoms with Crippen LogP contribution in [0.25, 0.3) is 0 Å². The number of halogens is 1. The third kappa shape index (κ3) is 2.93. The first-order valence-corrected chi connectivity index (χ1v) is 7.08. The summed E-state index contributed by atoms with van der Waals surface area (Å²) in [5.41, 5.74) is 1.83. The normalized spacial score (nSPS) is 24.1. The Balaban J connectivity index is 2.20. The highest BCUT2D eigenvalue weighted by atomic mass is 79.9. The van der Waals surface area contributed by atoms with Gasteiger partial charge in [-0.1, -0.05) is 15.9 Å². The van der Waals surface area contributed by atoms with Crippen molar-refractivity contribution >= 4 is 21.8 Å². The van der Waals surface area contributed by atoms with Gasteiger partial charge in [-0.3, -0.25) is 4.79 Å². The second-order valence-electron chi connectivity index (χ2n) is 5.14. The molecular formula is C14H19BrN2O. The number of carbonyl (C=O) groups is 1. The van der Waals surface area contributed by atoms with Crippen LogP contribution in [0, 0.1) is 6.92 Å². The van der Waals surface area contributed by atoms with Gasteiger partial charge in [0.05, 0.1) is 0 Å². The quantitative estimate of drug-likeness (QED) is 0.864. The van der Waals surface area contributed by atoms with Crippen molar-refractivity contribution in [2.45, 2.75) is 32.9 Å². The van der Waals surface area contributed by atoms with E-state index >= 15 is 0 Å². The third-order valence-corrected chi connectivity index (χ3v) is 3.76. The molecule has 3 nitrogen and oxygen atoms in total. The summed E-state index contributed by atoms with van der Waals surface area (Å²) >= 11 is 3.43. The Kier molecular flexibility index (Phi) is 4.07. The maximum Gasteiger partial charge on any atom is 0.254 e. The van der Waals surface area contributed by atoms with E-state index in [1.807, 2.05) is 30.0 Å². The lowest BCUT2D eigenvalue weighted by Crippen LogP contribution is -2.55. The molecule has 0 bridgehead atoms. The maximum absolute atomic E-state index is 12.5. The first-order chi connectivity index (χ1) is 8.47. The molecule has 0 aliphatic carbocycles. The molecule has 1 N–H and O–H groups in total. The topological polar surface area (TPSA) is 32.3 Å². The zero-order valence-corrected chi connectivity index (χ0v) is 12.6. The predicted molar refractivity (Wildman–Crippen MR) is 76.8 cm³/mol. The minimum atomic E-state index is 0.139. The van der Waals surface area contributed by atoms with Crippen LogP contribution in [-0.2, 0) is 0 Å². The summed E-state index contributed by atoms with van der Waals surface area (Å²) in [4.78, 5) is 14.5. The minimum absolute atomic E-state index is 0.139. The molecule has 0 saturated carbocycles. The summed E-state index contributed by atoms with van der Waals surface area (Å²) in [6.07, 6.45) is 0. The van der Waals surface area contributed by atoms with Gasteiger partial charge in [-0.2, -0.15) is 0 Å². The molecule has 2 atom stereocenters. The lowest BCUT2D eigenvalue weighted by Gasteiger charge is -2.36. The first kappa shape index (κ1) is 13.6. The Labute approximate surface area is 117 Å². The molecule has 1 aromatic carbocycles. The van der Waals surface area contributed by atoms with Gasteiger partial charge in [-0.05, 0) is 44.5 Å². The molecule has 1 amide bonds.